The summed E-state index contributed by atoms with van der Waals surface area (Å²) in [6.45, 7) is 5.38. The number of halogens is 1. The number of hydrogen-bond donors (Lipinski definition) is 2. The largest absolute Gasteiger partial charge is 0.407 e. The van der Waals surface area contributed by atoms with Crippen LogP contribution < -0.4 is 10.6 Å². The Kier molecular flexibility index (Phi) is 4.93. The number of hydrogen-bond acceptors (Lipinski definition) is 5. The Hall–Kier alpha value is -1.40. The van der Waals surface area contributed by atoms with Gasteiger partial charge in [0.2, 0.25) is 5.89 Å². The van der Waals surface area contributed by atoms with E-state index in [0.717, 1.165) is 10.0 Å². The van der Waals surface area contributed by atoms with Gasteiger partial charge in [-0.25, -0.2) is 0 Å². The molecule has 1 aromatic carbocycles. The molecule has 0 saturated carbocycles. The number of rotatable bonds is 6. The van der Waals surface area contributed by atoms with Crippen molar-refractivity contribution >= 4 is 21.9 Å². The molecule has 0 aliphatic carbocycles. The van der Waals surface area contributed by atoms with Crippen LogP contribution >= 0.6 is 15.9 Å². The molecule has 2 rings (SSSR count). The maximum atomic E-state index is 5.48. The lowest BCUT2D eigenvalue weighted by Crippen LogP contribution is -2.21. The molecule has 0 aliphatic heterocycles. The lowest BCUT2D eigenvalue weighted by atomic mass is 10.2. The first-order chi connectivity index (χ1) is 9.13. The molecule has 1 aromatic heterocycles. The van der Waals surface area contributed by atoms with Crippen molar-refractivity contribution < 1.29 is 4.42 Å². The van der Waals surface area contributed by atoms with E-state index in [1.165, 1.54) is 0 Å². The molecule has 2 N–H and O–H groups in total. The quantitative estimate of drug-likeness (QED) is 0.855. The van der Waals surface area contributed by atoms with Crippen molar-refractivity contribution in [1.29, 1.82) is 0 Å². The first-order valence-corrected chi connectivity index (χ1v) is 6.97. The van der Waals surface area contributed by atoms with E-state index >= 15 is 0 Å². The molecule has 0 unspecified atom stereocenters. The minimum atomic E-state index is 0.393. The Bertz CT molecular complexity index is 527. The molecule has 5 nitrogen and oxygen atoms in total. The molecular formula is C13H17BrN4O. The van der Waals surface area contributed by atoms with Crippen LogP contribution in [0.1, 0.15) is 25.3 Å². The Morgan fingerprint density at radius 3 is 2.84 bits per heavy atom. The summed E-state index contributed by atoms with van der Waals surface area (Å²) in [5.41, 5.74) is 1.15. The topological polar surface area (TPSA) is 63.0 Å². The fraction of sp³-hybridized carbons (Fsp3) is 0.385. The van der Waals surface area contributed by atoms with Gasteiger partial charge >= 0.3 is 6.01 Å². The normalized spacial score (nSPS) is 10.9. The standard InChI is InChI=1S/C13H17BrN4O/c1-9(2)15-8-12-17-18-13(19-12)16-7-10-4-3-5-11(14)6-10/h3-6,9,15H,7-8H2,1-2H3,(H,16,18). The Morgan fingerprint density at radius 2 is 2.11 bits per heavy atom. The number of aromatic nitrogens is 2. The number of nitrogens with one attached hydrogen (secondary N) is 2. The van der Waals surface area contributed by atoms with Crippen molar-refractivity contribution in [3.8, 4) is 0 Å². The van der Waals surface area contributed by atoms with Crippen LogP contribution in [-0.2, 0) is 13.1 Å². The molecule has 0 atom stereocenters. The lowest BCUT2D eigenvalue weighted by molar-refractivity contribution is 0.458. The summed E-state index contributed by atoms with van der Waals surface area (Å²) in [7, 11) is 0. The summed E-state index contributed by atoms with van der Waals surface area (Å²) in [4.78, 5) is 0. The minimum Gasteiger partial charge on any atom is -0.407 e. The van der Waals surface area contributed by atoms with E-state index in [2.05, 4.69) is 50.6 Å². The first kappa shape index (κ1) is 14.0. The van der Waals surface area contributed by atoms with Gasteiger partial charge < -0.3 is 15.1 Å². The fourth-order valence-corrected chi connectivity index (χ4v) is 1.96. The maximum Gasteiger partial charge on any atom is 0.315 e. The summed E-state index contributed by atoms with van der Waals surface area (Å²) in [5.74, 6) is 0.588. The van der Waals surface area contributed by atoms with E-state index in [1.807, 2.05) is 24.3 Å². The third-order valence-corrected chi connectivity index (χ3v) is 2.95. The zero-order valence-corrected chi connectivity index (χ0v) is 12.6. The van der Waals surface area contributed by atoms with Crippen LogP contribution in [0, 0.1) is 0 Å². The highest BCUT2D eigenvalue weighted by atomic mass is 79.9. The number of nitrogens with zero attached hydrogens (tertiary/aromatic N) is 2. The van der Waals surface area contributed by atoms with Crippen molar-refractivity contribution in [2.45, 2.75) is 33.0 Å². The molecule has 0 saturated heterocycles. The van der Waals surface area contributed by atoms with Gasteiger partial charge in [-0.05, 0) is 17.7 Å². The molecule has 0 bridgehead atoms. The van der Waals surface area contributed by atoms with Crippen LogP contribution in [-0.4, -0.2) is 16.2 Å². The molecule has 0 spiro atoms. The van der Waals surface area contributed by atoms with Gasteiger partial charge in [-0.3, -0.25) is 0 Å². The summed E-state index contributed by atoms with van der Waals surface area (Å²) < 4.78 is 6.53. The van der Waals surface area contributed by atoms with E-state index in [1.54, 1.807) is 0 Å². The first-order valence-electron chi connectivity index (χ1n) is 6.17. The third-order valence-electron chi connectivity index (χ3n) is 2.46. The number of anilines is 1. The molecule has 1 heterocycles. The maximum absolute atomic E-state index is 5.48. The van der Waals surface area contributed by atoms with Gasteiger partial charge in [-0.1, -0.05) is 47.0 Å². The zero-order valence-electron chi connectivity index (χ0n) is 11.0. The predicted octanol–water partition coefficient (Wildman–Crippen LogP) is 2.94. The number of benzene rings is 1. The van der Waals surface area contributed by atoms with Gasteiger partial charge in [0, 0.05) is 17.1 Å². The van der Waals surface area contributed by atoms with Gasteiger partial charge in [0.25, 0.3) is 0 Å². The molecule has 0 aliphatic rings. The van der Waals surface area contributed by atoms with Gasteiger partial charge in [-0.15, -0.1) is 5.10 Å². The highest BCUT2D eigenvalue weighted by Crippen LogP contribution is 2.13. The second-order valence-corrected chi connectivity index (χ2v) is 5.44. The fourth-order valence-electron chi connectivity index (χ4n) is 1.51. The summed E-state index contributed by atoms with van der Waals surface area (Å²) in [5, 5.41) is 14.3. The van der Waals surface area contributed by atoms with Gasteiger partial charge in [0.1, 0.15) is 0 Å². The molecule has 0 radical (unpaired) electrons. The van der Waals surface area contributed by atoms with E-state index in [4.69, 9.17) is 4.42 Å². The second kappa shape index (κ2) is 6.68. The third kappa shape index (κ3) is 4.65. The smallest absolute Gasteiger partial charge is 0.315 e. The van der Waals surface area contributed by atoms with Gasteiger partial charge in [0.05, 0.1) is 6.54 Å². The molecular weight excluding hydrogens is 308 g/mol. The minimum absolute atomic E-state index is 0.393. The van der Waals surface area contributed by atoms with Crippen LogP contribution in [0.25, 0.3) is 0 Å². The highest BCUT2D eigenvalue weighted by Gasteiger charge is 2.06. The monoisotopic (exact) mass is 324 g/mol. The van der Waals surface area contributed by atoms with Gasteiger partial charge in [-0.2, -0.15) is 0 Å². The van der Waals surface area contributed by atoms with Crippen LogP contribution in [0.5, 0.6) is 0 Å². The molecule has 19 heavy (non-hydrogen) atoms. The Morgan fingerprint density at radius 1 is 1.26 bits per heavy atom. The highest BCUT2D eigenvalue weighted by molar-refractivity contribution is 9.10. The average molecular weight is 325 g/mol. The van der Waals surface area contributed by atoms with Crippen LogP contribution in [0.2, 0.25) is 0 Å². The van der Waals surface area contributed by atoms with Crippen LogP contribution in [0.4, 0.5) is 6.01 Å². The molecule has 6 heteroatoms. The molecule has 0 fully saturated rings. The van der Waals surface area contributed by atoms with Crippen molar-refractivity contribution in [1.82, 2.24) is 15.5 Å². The molecule has 0 amide bonds. The predicted molar refractivity (Wildman–Crippen MR) is 77.7 cm³/mol. The Balaban J connectivity index is 1.86. The van der Waals surface area contributed by atoms with E-state index in [9.17, 15) is 0 Å². The average Bonchev–Trinajstić information content (AvgIpc) is 2.82. The molecule has 102 valence electrons. The van der Waals surface area contributed by atoms with Crippen molar-refractivity contribution in [2.75, 3.05) is 5.32 Å². The van der Waals surface area contributed by atoms with Crippen LogP contribution in [0.15, 0.2) is 33.2 Å². The van der Waals surface area contributed by atoms with Crippen molar-refractivity contribution in [3.05, 3.63) is 40.2 Å². The van der Waals surface area contributed by atoms with Crippen molar-refractivity contribution in [2.24, 2.45) is 0 Å². The lowest BCUT2D eigenvalue weighted by Gasteiger charge is -2.04. The van der Waals surface area contributed by atoms with Crippen molar-refractivity contribution in [3.63, 3.8) is 0 Å². The van der Waals surface area contributed by atoms with Crippen LogP contribution in [0.3, 0.4) is 0 Å². The van der Waals surface area contributed by atoms with Gasteiger partial charge in [0.15, 0.2) is 0 Å². The zero-order chi connectivity index (χ0) is 13.7. The summed E-state index contributed by atoms with van der Waals surface area (Å²) >= 11 is 3.44. The second-order valence-electron chi connectivity index (χ2n) is 4.52. The van der Waals surface area contributed by atoms with E-state index in [-0.39, 0.29) is 0 Å². The van der Waals surface area contributed by atoms with E-state index in [0.29, 0.717) is 31.0 Å². The SMILES string of the molecule is CC(C)NCc1nnc(NCc2cccc(Br)c2)o1. The Labute approximate surface area is 120 Å². The van der Waals surface area contributed by atoms with E-state index < -0.39 is 0 Å². The summed E-state index contributed by atoms with van der Waals surface area (Å²) in [6, 6.07) is 8.91. The molecule has 2 aromatic rings. The summed E-state index contributed by atoms with van der Waals surface area (Å²) in [6.07, 6.45) is 0.